The van der Waals surface area contributed by atoms with E-state index in [9.17, 15) is 0 Å². The molecule has 0 saturated carbocycles. The molecule has 3 nitrogen and oxygen atoms in total. The maximum Gasteiger partial charge on any atom is 0.692 e. The van der Waals surface area contributed by atoms with Crippen molar-refractivity contribution < 1.29 is 14.4 Å². The van der Waals surface area contributed by atoms with Crippen LogP contribution >= 0.6 is 31.5 Å². The Bertz CT molecular complexity index is 528. The van der Waals surface area contributed by atoms with Gasteiger partial charge in [0.25, 0.3) is 0 Å². The lowest BCUT2D eigenvalue weighted by atomic mass is 10.1. The highest BCUT2D eigenvalue weighted by atomic mass is 35.5. The molecular formula is C12H10Cl2O3P+. The zero-order valence-corrected chi connectivity index (χ0v) is 11.5. The van der Waals surface area contributed by atoms with Crippen LogP contribution in [0, 0.1) is 0 Å². The molecule has 0 aromatic heterocycles. The van der Waals surface area contributed by atoms with E-state index in [1.165, 1.54) is 0 Å². The molecule has 0 fully saturated rings. The zero-order chi connectivity index (χ0) is 13.5. The third-order valence-electron chi connectivity index (χ3n) is 2.04. The molecule has 0 heterocycles. The molecule has 2 rings (SSSR count). The number of benzene rings is 2. The first kappa shape index (κ1) is 15.1. The van der Waals surface area contributed by atoms with Crippen molar-refractivity contribution in [2.45, 2.75) is 0 Å². The molecule has 0 aliphatic heterocycles. The summed E-state index contributed by atoms with van der Waals surface area (Å²) in [6.45, 7) is 0. The average molecular weight is 304 g/mol. The van der Waals surface area contributed by atoms with Crippen LogP contribution in [0.4, 0.5) is 0 Å². The fourth-order valence-corrected chi connectivity index (χ4v) is 1.75. The van der Waals surface area contributed by atoms with Gasteiger partial charge in [0.15, 0.2) is 0 Å². The van der Waals surface area contributed by atoms with Gasteiger partial charge in [-0.25, -0.2) is 0 Å². The molecule has 0 spiro atoms. The summed E-state index contributed by atoms with van der Waals surface area (Å²) >= 11 is 12.0. The van der Waals surface area contributed by atoms with E-state index in [-0.39, 0.29) is 0 Å². The van der Waals surface area contributed by atoms with Crippen molar-refractivity contribution in [2.24, 2.45) is 0 Å². The fraction of sp³-hybridized carbons (Fsp3) is 0. The quantitative estimate of drug-likeness (QED) is 0.773. The van der Waals surface area contributed by atoms with E-state index >= 15 is 0 Å². The molecule has 0 amide bonds. The van der Waals surface area contributed by atoms with Crippen LogP contribution in [0.3, 0.4) is 0 Å². The van der Waals surface area contributed by atoms with Gasteiger partial charge >= 0.3 is 8.25 Å². The van der Waals surface area contributed by atoms with Crippen LogP contribution < -0.4 is 0 Å². The number of rotatable bonds is 1. The molecule has 0 saturated heterocycles. The molecule has 0 aliphatic carbocycles. The smallest absolute Gasteiger partial charge is 0.134 e. The summed E-state index contributed by atoms with van der Waals surface area (Å²) in [5.41, 5.74) is 2.06. The van der Waals surface area contributed by atoms with E-state index in [0.29, 0.717) is 10.0 Å². The van der Waals surface area contributed by atoms with Gasteiger partial charge in [-0.15, -0.1) is 9.79 Å². The molecule has 2 N–H and O–H groups in total. The van der Waals surface area contributed by atoms with Gasteiger partial charge in [0, 0.05) is 10.1 Å². The first-order valence-corrected chi connectivity index (χ1v) is 6.79. The van der Waals surface area contributed by atoms with Crippen LogP contribution in [-0.4, -0.2) is 9.79 Å². The highest BCUT2D eigenvalue weighted by Crippen LogP contribution is 2.32. The van der Waals surface area contributed by atoms with Crippen LogP contribution in [-0.2, 0) is 4.57 Å². The van der Waals surface area contributed by atoms with Crippen molar-refractivity contribution >= 4 is 31.5 Å². The topological polar surface area (TPSA) is 57.5 Å². The second kappa shape index (κ2) is 7.47. The monoisotopic (exact) mass is 303 g/mol. The van der Waals surface area contributed by atoms with Crippen molar-refractivity contribution in [3.05, 3.63) is 58.6 Å². The molecule has 0 unspecified atom stereocenters. The van der Waals surface area contributed by atoms with Gasteiger partial charge in [-0.3, -0.25) is 0 Å². The van der Waals surface area contributed by atoms with Crippen LogP contribution in [0.2, 0.25) is 10.0 Å². The minimum Gasteiger partial charge on any atom is -0.134 e. The molecule has 0 atom stereocenters. The molecule has 6 heteroatoms. The summed E-state index contributed by atoms with van der Waals surface area (Å²) in [4.78, 5) is 14.2. The van der Waals surface area contributed by atoms with Crippen LogP contribution in [0.5, 0.6) is 0 Å². The first-order valence-electron chi connectivity index (χ1n) is 4.87. The predicted molar refractivity (Wildman–Crippen MR) is 73.9 cm³/mol. The Balaban J connectivity index is 0.000000357. The lowest BCUT2D eigenvalue weighted by molar-refractivity contribution is 0.405. The van der Waals surface area contributed by atoms with Gasteiger partial charge in [0.05, 0.1) is 10.0 Å². The normalized spacial score (nSPS) is 9.33. The maximum atomic E-state index is 8.70. The van der Waals surface area contributed by atoms with Crippen molar-refractivity contribution in [2.75, 3.05) is 0 Å². The van der Waals surface area contributed by atoms with Crippen molar-refractivity contribution in [3.63, 3.8) is 0 Å². The molecule has 0 bridgehead atoms. The third kappa shape index (κ3) is 4.73. The molecule has 2 aromatic rings. The summed E-state index contributed by atoms with van der Waals surface area (Å²) in [5.74, 6) is 0. The lowest BCUT2D eigenvalue weighted by Crippen LogP contribution is -1.79. The molecule has 18 heavy (non-hydrogen) atoms. The maximum absolute atomic E-state index is 8.70. The largest absolute Gasteiger partial charge is 0.692 e. The Morgan fingerprint density at radius 3 is 2.00 bits per heavy atom. The van der Waals surface area contributed by atoms with Crippen molar-refractivity contribution in [1.82, 2.24) is 0 Å². The van der Waals surface area contributed by atoms with Gasteiger partial charge in [-0.2, -0.15) is 0 Å². The summed E-state index contributed by atoms with van der Waals surface area (Å²) in [5, 5.41) is 1.20. The fourth-order valence-electron chi connectivity index (χ4n) is 1.34. The number of halogens is 2. The highest BCUT2D eigenvalue weighted by Gasteiger charge is 2.05. The Labute approximate surface area is 116 Å². The SMILES string of the molecule is Clc1cccc(-c2ccccc2)c1Cl.O=[P+](O)O. The van der Waals surface area contributed by atoms with Gasteiger partial charge in [-0.1, -0.05) is 65.7 Å². The molecule has 0 radical (unpaired) electrons. The van der Waals surface area contributed by atoms with E-state index < -0.39 is 8.25 Å². The van der Waals surface area contributed by atoms with Crippen LogP contribution in [0.15, 0.2) is 48.5 Å². The summed E-state index contributed by atoms with van der Waals surface area (Å²) < 4.78 is 8.70. The zero-order valence-electron chi connectivity index (χ0n) is 9.12. The Morgan fingerprint density at radius 2 is 1.44 bits per heavy atom. The summed E-state index contributed by atoms with van der Waals surface area (Å²) in [7, 11) is -2.87. The van der Waals surface area contributed by atoms with E-state index in [2.05, 4.69) is 0 Å². The third-order valence-corrected chi connectivity index (χ3v) is 2.86. The average Bonchev–Trinajstić information content (AvgIpc) is 2.33. The number of hydrogen-bond acceptors (Lipinski definition) is 1. The van der Waals surface area contributed by atoms with Crippen molar-refractivity contribution in [1.29, 1.82) is 0 Å². The summed E-state index contributed by atoms with van der Waals surface area (Å²) in [6.07, 6.45) is 0. The second-order valence-corrected chi connectivity index (χ2v) is 4.51. The van der Waals surface area contributed by atoms with E-state index in [1.54, 1.807) is 6.07 Å². The molecular weight excluding hydrogens is 294 g/mol. The number of hydrogen-bond donors (Lipinski definition) is 2. The van der Waals surface area contributed by atoms with E-state index in [0.717, 1.165) is 11.1 Å². The lowest BCUT2D eigenvalue weighted by Gasteiger charge is -2.04. The first-order chi connectivity index (χ1) is 8.52. The van der Waals surface area contributed by atoms with E-state index in [1.807, 2.05) is 42.5 Å². The molecule has 2 aromatic carbocycles. The second-order valence-electron chi connectivity index (χ2n) is 3.22. The predicted octanol–water partition coefficient (Wildman–Crippen LogP) is 4.29. The highest BCUT2D eigenvalue weighted by molar-refractivity contribution is 7.30. The van der Waals surface area contributed by atoms with Crippen LogP contribution in [0.25, 0.3) is 11.1 Å². The van der Waals surface area contributed by atoms with Gasteiger partial charge in [0.2, 0.25) is 0 Å². The Kier molecular flexibility index (Phi) is 6.27. The molecule has 0 aliphatic rings. The standard InChI is InChI=1S/C12H8Cl2.HO3P/c13-11-8-4-7-10(12(11)14)9-5-2-1-3-6-9;1-4(2)3/h1-8H;(H-,1,2,3)/p+1. The Morgan fingerprint density at radius 1 is 0.889 bits per heavy atom. The van der Waals surface area contributed by atoms with Crippen molar-refractivity contribution in [3.8, 4) is 11.1 Å². The minimum atomic E-state index is -2.87. The van der Waals surface area contributed by atoms with Gasteiger partial charge in [-0.05, 0) is 11.6 Å². The summed E-state index contributed by atoms with van der Waals surface area (Å²) in [6, 6.07) is 15.6. The van der Waals surface area contributed by atoms with E-state index in [4.69, 9.17) is 37.6 Å². The van der Waals surface area contributed by atoms with Gasteiger partial charge < -0.3 is 0 Å². The van der Waals surface area contributed by atoms with Crippen LogP contribution in [0.1, 0.15) is 0 Å². The minimum absolute atomic E-state index is 0.591. The Hall–Kier alpha value is -0.960. The molecule has 94 valence electrons. The van der Waals surface area contributed by atoms with Gasteiger partial charge in [0.1, 0.15) is 0 Å².